The number of fused-ring (bicyclic) bond motifs is 1. The molecule has 0 saturated carbocycles. The number of anilines is 1. The molecule has 0 aromatic heterocycles. The third kappa shape index (κ3) is 8.66. The molecule has 0 spiro atoms. The SMILES string of the molecule is C[C@@H]1CCCCO[C@@H](CN(C)C)[C@H](C)CN([C@H](C)CO)C(=O)c2cc(NS(=O)(=O)c3ccccc3)ccc2O1. The van der Waals surface area contributed by atoms with Crippen LogP contribution in [0.1, 0.15) is 50.4 Å². The van der Waals surface area contributed by atoms with Crippen LogP contribution in [0.2, 0.25) is 0 Å². The smallest absolute Gasteiger partial charge is 0.261 e. The molecule has 3 rings (SSSR count). The lowest BCUT2D eigenvalue weighted by Gasteiger charge is -2.35. The molecule has 1 aliphatic rings. The van der Waals surface area contributed by atoms with E-state index >= 15 is 0 Å². The Kier molecular flexibility index (Phi) is 11.2. The van der Waals surface area contributed by atoms with E-state index in [1.54, 1.807) is 42.2 Å². The van der Waals surface area contributed by atoms with Gasteiger partial charge in [-0.25, -0.2) is 8.42 Å². The summed E-state index contributed by atoms with van der Waals surface area (Å²) in [5.41, 5.74) is 0.492. The maximum absolute atomic E-state index is 14.1. The molecule has 39 heavy (non-hydrogen) atoms. The Labute approximate surface area is 233 Å². The van der Waals surface area contributed by atoms with Gasteiger partial charge in [-0.1, -0.05) is 25.1 Å². The van der Waals surface area contributed by atoms with Crippen LogP contribution in [0.5, 0.6) is 5.75 Å². The van der Waals surface area contributed by atoms with Gasteiger partial charge in [-0.3, -0.25) is 9.52 Å². The maximum Gasteiger partial charge on any atom is 0.261 e. The van der Waals surface area contributed by atoms with E-state index in [-0.39, 0.29) is 46.8 Å². The lowest BCUT2D eigenvalue weighted by atomic mass is 10.0. The van der Waals surface area contributed by atoms with Gasteiger partial charge < -0.3 is 24.4 Å². The van der Waals surface area contributed by atoms with Gasteiger partial charge in [0, 0.05) is 31.3 Å². The average Bonchev–Trinajstić information content (AvgIpc) is 2.90. The molecule has 1 aliphatic heterocycles. The second kappa shape index (κ2) is 14.1. The molecule has 4 atom stereocenters. The number of ether oxygens (including phenoxy) is 2. The number of aliphatic hydroxyl groups excluding tert-OH is 1. The Balaban J connectivity index is 2.02. The number of rotatable bonds is 7. The molecule has 0 radical (unpaired) electrons. The van der Waals surface area contributed by atoms with Crippen molar-refractivity contribution in [2.45, 2.75) is 63.2 Å². The Morgan fingerprint density at radius 1 is 1.13 bits per heavy atom. The van der Waals surface area contributed by atoms with Crippen molar-refractivity contribution in [1.29, 1.82) is 0 Å². The molecule has 1 amide bonds. The largest absolute Gasteiger partial charge is 0.490 e. The number of benzene rings is 2. The molecule has 1 heterocycles. The van der Waals surface area contributed by atoms with Crippen molar-refractivity contribution in [3.05, 3.63) is 54.1 Å². The van der Waals surface area contributed by atoms with Crippen LogP contribution in [0.25, 0.3) is 0 Å². The molecule has 10 heteroatoms. The van der Waals surface area contributed by atoms with Crippen molar-refractivity contribution in [1.82, 2.24) is 9.80 Å². The fourth-order valence-electron chi connectivity index (χ4n) is 4.62. The second-order valence-electron chi connectivity index (χ2n) is 10.7. The number of hydrogen-bond donors (Lipinski definition) is 2. The monoisotopic (exact) mass is 561 g/mol. The van der Waals surface area contributed by atoms with Gasteiger partial charge in [-0.2, -0.15) is 0 Å². The predicted octanol–water partition coefficient (Wildman–Crippen LogP) is 3.84. The van der Waals surface area contributed by atoms with Crippen molar-refractivity contribution < 1.29 is 27.8 Å². The Morgan fingerprint density at radius 2 is 1.85 bits per heavy atom. The highest BCUT2D eigenvalue weighted by Crippen LogP contribution is 2.29. The first-order valence-electron chi connectivity index (χ1n) is 13.6. The van der Waals surface area contributed by atoms with E-state index in [2.05, 4.69) is 9.62 Å². The van der Waals surface area contributed by atoms with Gasteiger partial charge in [-0.05, 0) is 77.5 Å². The number of aliphatic hydroxyl groups is 1. The topological polar surface area (TPSA) is 108 Å². The van der Waals surface area contributed by atoms with Crippen LogP contribution in [0.3, 0.4) is 0 Å². The number of carbonyl (C=O) groups is 1. The summed E-state index contributed by atoms with van der Waals surface area (Å²) >= 11 is 0. The number of nitrogens with one attached hydrogen (secondary N) is 1. The molecule has 0 unspecified atom stereocenters. The number of carbonyl (C=O) groups excluding carboxylic acids is 1. The second-order valence-corrected chi connectivity index (χ2v) is 12.4. The number of amides is 1. The summed E-state index contributed by atoms with van der Waals surface area (Å²) < 4.78 is 41.0. The molecular formula is C29H43N3O6S. The molecule has 9 nitrogen and oxygen atoms in total. The van der Waals surface area contributed by atoms with Gasteiger partial charge in [0.25, 0.3) is 15.9 Å². The minimum absolute atomic E-state index is 0.0173. The van der Waals surface area contributed by atoms with E-state index in [4.69, 9.17) is 9.47 Å². The summed E-state index contributed by atoms with van der Waals surface area (Å²) in [6.45, 7) is 7.27. The van der Waals surface area contributed by atoms with Gasteiger partial charge in [0.15, 0.2) is 0 Å². The number of likely N-dealkylation sites (N-methyl/N-ethyl adjacent to an activating group) is 1. The third-order valence-corrected chi connectivity index (χ3v) is 8.30. The van der Waals surface area contributed by atoms with Crippen LogP contribution in [0.15, 0.2) is 53.4 Å². The normalized spacial score (nSPS) is 22.5. The molecule has 2 aromatic rings. The van der Waals surface area contributed by atoms with Gasteiger partial charge in [0.2, 0.25) is 0 Å². The first-order chi connectivity index (χ1) is 18.5. The predicted molar refractivity (Wildman–Crippen MR) is 153 cm³/mol. The zero-order valence-electron chi connectivity index (χ0n) is 23.7. The zero-order valence-corrected chi connectivity index (χ0v) is 24.5. The summed E-state index contributed by atoms with van der Waals surface area (Å²) in [7, 11) is 0.132. The van der Waals surface area contributed by atoms with E-state index < -0.39 is 16.1 Å². The van der Waals surface area contributed by atoms with Crippen molar-refractivity contribution in [3.63, 3.8) is 0 Å². The van der Waals surface area contributed by atoms with E-state index in [0.29, 0.717) is 25.4 Å². The highest BCUT2D eigenvalue weighted by Gasteiger charge is 2.30. The molecule has 216 valence electrons. The molecule has 0 saturated heterocycles. The van der Waals surface area contributed by atoms with Crippen LogP contribution in [0.4, 0.5) is 5.69 Å². The molecular weight excluding hydrogens is 518 g/mol. The summed E-state index contributed by atoms with van der Waals surface area (Å²) in [4.78, 5) is 17.9. The highest BCUT2D eigenvalue weighted by atomic mass is 32.2. The molecule has 0 fully saturated rings. The van der Waals surface area contributed by atoms with Gasteiger partial charge >= 0.3 is 0 Å². The first kappa shape index (κ1) is 30.9. The van der Waals surface area contributed by atoms with Crippen molar-refractivity contribution in [2.24, 2.45) is 5.92 Å². The Morgan fingerprint density at radius 3 is 2.51 bits per heavy atom. The quantitative estimate of drug-likeness (QED) is 0.529. The van der Waals surface area contributed by atoms with Crippen LogP contribution < -0.4 is 9.46 Å². The fraction of sp³-hybridized carbons (Fsp3) is 0.552. The maximum atomic E-state index is 14.1. The standard InChI is InChI=1S/C29H43N3O6S/c1-21-18-32(22(2)20-33)29(34)26-17-24(30-39(35,36)25-12-7-6-8-13-25)14-15-27(26)38-23(3)11-9-10-16-37-28(21)19-31(4)5/h6-8,12-15,17,21-23,28,30,33H,9-11,16,18-20H2,1-5H3/t21-,22-,23-,28+/m1/s1. The summed E-state index contributed by atoms with van der Waals surface area (Å²) in [6, 6.07) is 12.4. The van der Waals surface area contributed by atoms with E-state index in [1.165, 1.54) is 18.2 Å². The number of nitrogens with zero attached hydrogens (tertiary/aromatic N) is 2. The molecule has 2 aromatic carbocycles. The van der Waals surface area contributed by atoms with Crippen molar-refractivity contribution in [3.8, 4) is 5.75 Å². The van der Waals surface area contributed by atoms with Crippen LogP contribution in [0, 0.1) is 5.92 Å². The minimum atomic E-state index is -3.86. The zero-order chi connectivity index (χ0) is 28.6. The van der Waals surface area contributed by atoms with Crippen molar-refractivity contribution >= 4 is 21.6 Å². The lowest BCUT2D eigenvalue weighted by molar-refractivity contribution is -0.0137. The van der Waals surface area contributed by atoms with Crippen LogP contribution in [-0.2, 0) is 14.8 Å². The van der Waals surface area contributed by atoms with E-state index in [0.717, 1.165) is 19.3 Å². The minimum Gasteiger partial charge on any atom is -0.490 e. The van der Waals surface area contributed by atoms with Crippen LogP contribution in [-0.4, -0.2) is 87.9 Å². The summed E-state index contributed by atoms with van der Waals surface area (Å²) in [6.07, 6.45) is 2.33. The Bertz CT molecular complexity index is 1170. The first-order valence-corrected chi connectivity index (χ1v) is 15.1. The Hall–Kier alpha value is -2.66. The highest BCUT2D eigenvalue weighted by molar-refractivity contribution is 7.92. The number of sulfonamides is 1. The lowest BCUT2D eigenvalue weighted by Crippen LogP contribution is -2.47. The summed E-state index contributed by atoms with van der Waals surface area (Å²) in [5, 5.41) is 10.0. The van der Waals surface area contributed by atoms with E-state index in [1.807, 2.05) is 27.9 Å². The molecule has 0 aliphatic carbocycles. The van der Waals surface area contributed by atoms with E-state index in [9.17, 15) is 18.3 Å². The third-order valence-electron chi connectivity index (χ3n) is 6.90. The van der Waals surface area contributed by atoms with Gasteiger partial charge in [-0.15, -0.1) is 0 Å². The molecule has 2 N–H and O–H groups in total. The van der Waals surface area contributed by atoms with Crippen LogP contribution >= 0.6 is 0 Å². The average molecular weight is 562 g/mol. The van der Waals surface area contributed by atoms with Gasteiger partial charge in [0.05, 0.1) is 35.3 Å². The van der Waals surface area contributed by atoms with Gasteiger partial charge in [0.1, 0.15) is 5.75 Å². The summed E-state index contributed by atoms with van der Waals surface area (Å²) in [5.74, 6) is 0.0273. The number of hydrogen-bond acceptors (Lipinski definition) is 7. The van der Waals surface area contributed by atoms with Crippen molar-refractivity contribution in [2.75, 3.05) is 45.1 Å². The molecule has 0 bridgehead atoms. The fourth-order valence-corrected chi connectivity index (χ4v) is 5.69.